The molecule has 17 heavy (non-hydrogen) atoms. The number of nitrogens with one attached hydrogen (secondary N) is 2. The van der Waals surface area contributed by atoms with Crippen molar-refractivity contribution in [3.63, 3.8) is 0 Å². The molecule has 0 amide bonds. The lowest BCUT2D eigenvalue weighted by Gasteiger charge is -2.07. The third kappa shape index (κ3) is 2.57. The van der Waals surface area contributed by atoms with Crippen LogP contribution in [-0.2, 0) is 0 Å². The third-order valence-corrected chi connectivity index (χ3v) is 2.48. The van der Waals surface area contributed by atoms with Crippen LogP contribution in [0, 0.1) is 0 Å². The van der Waals surface area contributed by atoms with Crippen molar-refractivity contribution in [2.45, 2.75) is 0 Å². The molecule has 0 aliphatic carbocycles. The van der Waals surface area contributed by atoms with Crippen molar-refractivity contribution in [2.24, 2.45) is 0 Å². The molecule has 0 atom stereocenters. The van der Waals surface area contributed by atoms with Crippen molar-refractivity contribution in [3.05, 3.63) is 46.0 Å². The smallest absolute Gasteiger partial charge is 0.271 e. The summed E-state index contributed by atoms with van der Waals surface area (Å²) in [7, 11) is 1.58. The molecule has 88 valence electrons. The Hall–Kier alpha value is -2.01. The topological polar surface area (TPSA) is 67.0 Å². The van der Waals surface area contributed by atoms with E-state index >= 15 is 0 Å². The number of halogens is 1. The normalized spacial score (nSPS) is 10.0. The lowest BCUT2D eigenvalue weighted by molar-refractivity contribution is 0.415. The largest absolute Gasteiger partial charge is 0.497 e. The molecule has 1 heterocycles. The zero-order valence-electron chi connectivity index (χ0n) is 9.03. The van der Waals surface area contributed by atoms with Gasteiger partial charge in [0.15, 0.2) is 5.82 Å². The van der Waals surface area contributed by atoms with Crippen LogP contribution in [0.4, 0.5) is 11.5 Å². The van der Waals surface area contributed by atoms with Crippen LogP contribution in [0.15, 0.2) is 35.4 Å². The van der Waals surface area contributed by atoms with E-state index in [-0.39, 0.29) is 10.6 Å². The average molecular weight is 252 g/mol. The molecule has 0 aliphatic rings. The van der Waals surface area contributed by atoms with E-state index in [9.17, 15) is 4.79 Å². The molecule has 0 radical (unpaired) electrons. The van der Waals surface area contributed by atoms with Crippen LogP contribution in [0.5, 0.6) is 5.75 Å². The molecule has 0 spiro atoms. The predicted octanol–water partition coefficient (Wildman–Crippen LogP) is 2.18. The standard InChI is InChI=1S/C11H10ClN3O2/c1-17-8-4-2-3-7(5-8)15-10-9(12)11(16)14-6-13-10/h2-6H,1H3,(H2,13,14,15,16). The van der Waals surface area contributed by atoms with Gasteiger partial charge < -0.3 is 15.0 Å². The summed E-state index contributed by atoms with van der Waals surface area (Å²) in [4.78, 5) is 17.6. The zero-order chi connectivity index (χ0) is 12.3. The molecule has 0 bridgehead atoms. The number of anilines is 2. The maximum atomic E-state index is 11.3. The van der Waals surface area contributed by atoms with Gasteiger partial charge in [0.2, 0.25) is 0 Å². The van der Waals surface area contributed by atoms with Gasteiger partial charge in [0.05, 0.1) is 13.4 Å². The van der Waals surface area contributed by atoms with Gasteiger partial charge in [0, 0.05) is 11.8 Å². The second-order valence-corrected chi connectivity index (χ2v) is 3.63. The van der Waals surface area contributed by atoms with Crippen LogP contribution in [0.3, 0.4) is 0 Å². The van der Waals surface area contributed by atoms with E-state index < -0.39 is 0 Å². The van der Waals surface area contributed by atoms with Crippen LogP contribution < -0.4 is 15.6 Å². The number of ether oxygens (including phenoxy) is 1. The lowest BCUT2D eigenvalue weighted by Crippen LogP contribution is -2.09. The summed E-state index contributed by atoms with van der Waals surface area (Å²) in [6.45, 7) is 0. The monoisotopic (exact) mass is 251 g/mol. The summed E-state index contributed by atoms with van der Waals surface area (Å²) in [6.07, 6.45) is 1.29. The third-order valence-electron chi connectivity index (χ3n) is 2.13. The number of methoxy groups -OCH3 is 1. The first-order valence-corrected chi connectivity index (χ1v) is 5.23. The van der Waals surface area contributed by atoms with E-state index in [2.05, 4.69) is 15.3 Å². The highest BCUT2D eigenvalue weighted by molar-refractivity contribution is 6.32. The quantitative estimate of drug-likeness (QED) is 0.877. The number of aromatic amines is 1. The van der Waals surface area contributed by atoms with Crippen LogP contribution in [0.1, 0.15) is 0 Å². The Bertz CT molecular complexity index is 583. The number of rotatable bonds is 3. The second-order valence-electron chi connectivity index (χ2n) is 3.25. The molecule has 0 saturated heterocycles. The number of nitrogens with zero attached hydrogens (tertiary/aromatic N) is 1. The van der Waals surface area contributed by atoms with Crippen LogP contribution in [0.2, 0.25) is 5.02 Å². The summed E-state index contributed by atoms with van der Waals surface area (Å²) in [5, 5.41) is 2.97. The Balaban J connectivity index is 2.31. The van der Waals surface area contributed by atoms with Crippen molar-refractivity contribution in [1.82, 2.24) is 9.97 Å². The molecular formula is C11H10ClN3O2. The van der Waals surface area contributed by atoms with E-state index in [0.717, 1.165) is 5.69 Å². The van der Waals surface area contributed by atoms with Crippen molar-refractivity contribution >= 4 is 23.1 Å². The second kappa shape index (κ2) is 4.88. The summed E-state index contributed by atoms with van der Waals surface area (Å²) < 4.78 is 5.09. The highest BCUT2D eigenvalue weighted by atomic mass is 35.5. The van der Waals surface area contributed by atoms with Gasteiger partial charge in [-0.3, -0.25) is 4.79 Å². The van der Waals surface area contributed by atoms with Crippen LogP contribution >= 0.6 is 11.6 Å². The van der Waals surface area contributed by atoms with Gasteiger partial charge in [-0.15, -0.1) is 0 Å². The number of hydrogen-bond acceptors (Lipinski definition) is 4. The summed E-state index contributed by atoms with van der Waals surface area (Å²) in [6, 6.07) is 7.24. The van der Waals surface area contributed by atoms with Gasteiger partial charge in [0.25, 0.3) is 5.56 Å². The Morgan fingerprint density at radius 1 is 1.47 bits per heavy atom. The molecule has 2 rings (SSSR count). The molecular weight excluding hydrogens is 242 g/mol. The number of benzene rings is 1. The van der Waals surface area contributed by atoms with Gasteiger partial charge >= 0.3 is 0 Å². The van der Waals surface area contributed by atoms with Crippen LogP contribution in [-0.4, -0.2) is 17.1 Å². The van der Waals surface area contributed by atoms with Crippen LogP contribution in [0.25, 0.3) is 0 Å². The minimum Gasteiger partial charge on any atom is -0.497 e. The minimum absolute atomic E-state index is 0.0234. The van der Waals surface area contributed by atoms with Crippen molar-refractivity contribution in [3.8, 4) is 5.75 Å². The Labute approximate surface area is 102 Å². The van der Waals surface area contributed by atoms with E-state index in [1.807, 2.05) is 18.2 Å². The van der Waals surface area contributed by atoms with Gasteiger partial charge in [-0.2, -0.15) is 0 Å². The fraction of sp³-hybridized carbons (Fsp3) is 0.0909. The first-order valence-electron chi connectivity index (χ1n) is 4.85. The van der Waals surface area contributed by atoms with Gasteiger partial charge in [-0.05, 0) is 12.1 Å². The van der Waals surface area contributed by atoms with Crippen molar-refractivity contribution in [1.29, 1.82) is 0 Å². The lowest BCUT2D eigenvalue weighted by atomic mass is 10.3. The van der Waals surface area contributed by atoms with Crippen molar-refractivity contribution < 1.29 is 4.74 Å². The minimum atomic E-state index is -0.382. The first kappa shape index (κ1) is 11.5. The molecule has 6 heteroatoms. The summed E-state index contributed by atoms with van der Waals surface area (Å²) in [5.41, 5.74) is 0.358. The van der Waals surface area contributed by atoms with E-state index in [0.29, 0.717) is 11.6 Å². The zero-order valence-corrected chi connectivity index (χ0v) is 9.78. The molecule has 1 aromatic carbocycles. The fourth-order valence-corrected chi connectivity index (χ4v) is 1.46. The van der Waals surface area contributed by atoms with E-state index in [1.165, 1.54) is 6.33 Å². The van der Waals surface area contributed by atoms with Gasteiger partial charge in [-0.25, -0.2) is 4.98 Å². The van der Waals surface area contributed by atoms with Gasteiger partial charge in [-0.1, -0.05) is 17.7 Å². The number of hydrogen-bond donors (Lipinski definition) is 2. The number of aromatic nitrogens is 2. The van der Waals surface area contributed by atoms with E-state index in [4.69, 9.17) is 16.3 Å². The average Bonchev–Trinajstić information content (AvgIpc) is 2.35. The maximum Gasteiger partial charge on any atom is 0.271 e. The maximum absolute atomic E-state index is 11.3. The fourth-order valence-electron chi connectivity index (χ4n) is 1.31. The Morgan fingerprint density at radius 2 is 2.29 bits per heavy atom. The highest BCUT2D eigenvalue weighted by Gasteiger charge is 2.06. The molecule has 2 aromatic rings. The molecule has 0 unspecified atom stereocenters. The van der Waals surface area contributed by atoms with Gasteiger partial charge in [0.1, 0.15) is 10.8 Å². The SMILES string of the molecule is COc1cccc(Nc2nc[nH]c(=O)c2Cl)c1. The summed E-state index contributed by atoms with van der Waals surface area (Å²) >= 11 is 5.82. The molecule has 2 N–H and O–H groups in total. The first-order chi connectivity index (χ1) is 8.20. The molecule has 5 nitrogen and oxygen atoms in total. The van der Waals surface area contributed by atoms with Crippen molar-refractivity contribution in [2.75, 3.05) is 12.4 Å². The molecule has 1 aromatic heterocycles. The summed E-state index contributed by atoms with van der Waals surface area (Å²) in [5.74, 6) is 1.01. The molecule has 0 aliphatic heterocycles. The highest BCUT2D eigenvalue weighted by Crippen LogP contribution is 2.22. The Morgan fingerprint density at radius 3 is 3.06 bits per heavy atom. The molecule has 0 fully saturated rings. The number of H-pyrrole nitrogens is 1. The Kier molecular flexibility index (Phi) is 3.30. The molecule has 0 saturated carbocycles. The predicted molar refractivity (Wildman–Crippen MR) is 66.1 cm³/mol. The van der Waals surface area contributed by atoms with E-state index in [1.54, 1.807) is 13.2 Å².